The van der Waals surface area contributed by atoms with Gasteiger partial charge in [0.05, 0.1) is 10.5 Å². The van der Waals surface area contributed by atoms with Gasteiger partial charge in [-0.25, -0.2) is 0 Å². The van der Waals surface area contributed by atoms with E-state index >= 15 is 0 Å². The van der Waals surface area contributed by atoms with Crippen LogP contribution in [-0.4, -0.2) is 46.1 Å². The molecule has 0 amide bonds. The summed E-state index contributed by atoms with van der Waals surface area (Å²) in [6.45, 7) is 2.58. The SMILES string of the molecule is O=[N+]([O-])c1ccccc1N1CCN(C(=S)c2ccccc2O)CC1. The minimum Gasteiger partial charge on any atom is -0.507 e. The standard InChI is InChI=1S/C17H17N3O3S/c21-16-8-4-1-5-13(16)17(24)19-11-9-18(10-12-19)14-6-2-3-7-15(14)20(22)23/h1-8,21H,9-12H2. The molecule has 2 aromatic carbocycles. The lowest BCUT2D eigenvalue weighted by Crippen LogP contribution is -2.48. The number of aromatic hydroxyl groups is 1. The van der Waals surface area contributed by atoms with E-state index in [0.29, 0.717) is 42.4 Å². The maximum Gasteiger partial charge on any atom is 0.292 e. The molecule has 0 bridgehead atoms. The Morgan fingerprint density at radius 1 is 1.04 bits per heavy atom. The van der Waals surface area contributed by atoms with E-state index in [-0.39, 0.29) is 16.4 Å². The molecule has 124 valence electrons. The zero-order chi connectivity index (χ0) is 17.1. The first-order valence-electron chi connectivity index (χ1n) is 7.63. The van der Waals surface area contributed by atoms with E-state index in [1.54, 1.807) is 36.4 Å². The Morgan fingerprint density at radius 2 is 1.67 bits per heavy atom. The van der Waals surface area contributed by atoms with Crippen molar-refractivity contribution in [1.29, 1.82) is 0 Å². The van der Waals surface area contributed by atoms with Gasteiger partial charge in [0.2, 0.25) is 0 Å². The molecule has 2 aromatic rings. The molecule has 24 heavy (non-hydrogen) atoms. The quantitative estimate of drug-likeness (QED) is 0.525. The van der Waals surface area contributed by atoms with E-state index in [1.807, 2.05) is 15.9 Å². The summed E-state index contributed by atoms with van der Waals surface area (Å²) in [6.07, 6.45) is 0. The van der Waals surface area contributed by atoms with Gasteiger partial charge in [-0.1, -0.05) is 36.5 Å². The molecule has 1 heterocycles. The van der Waals surface area contributed by atoms with Crippen LogP contribution in [0.4, 0.5) is 11.4 Å². The Kier molecular flexibility index (Phi) is 4.61. The number of nitro benzene ring substituents is 1. The number of nitrogens with zero attached hydrogens (tertiary/aromatic N) is 3. The van der Waals surface area contributed by atoms with Crippen molar-refractivity contribution in [1.82, 2.24) is 4.90 Å². The zero-order valence-corrected chi connectivity index (χ0v) is 13.8. The number of nitro groups is 1. The number of hydrogen-bond acceptors (Lipinski definition) is 5. The van der Waals surface area contributed by atoms with Gasteiger partial charge in [-0.2, -0.15) is 0 Å². The van der Waals surface area contributed by atoms with Gasteiger partial charge in [0.25, 0.3) is 5.69 Å². The predicted octanol–water partition coefficient (Wildman–Crippen LogP) is 2.80. The van der Waals surface area contributed by atoms with Gasteiger partial charge in [-0.3, -0.25) is 10.1 Å². The average Bonchev–Trinajstić information content (AvgIpc) is 2.62. The van der Waals surface area contributed by atoms with Gasteiger partial charge in [0.1, 0.15) is 16.4 Å². The maximum atomic E-state index is 11.2. The summed E-state index contributed by atoms with van der Waals surface area (Å²) >= 11 is 5.49. The van der Waals surface area contributed by atoms with Crippen molar-refractivity contribution in [2.45, 2.75) is 0 Å². The van der Waals surface area contributed by atoms with Crippen LogP contribution < -0.4 is 4.90 Å². The molecule has 0 saturated carbocycles. The van der Waals surface area contributed by atoms with Crippen LogP contribution in [0.25, 0.3) is 0 Å². The highest BCUT2D eigenvalue weighted by Gasteiger charge is 2.25. The number of anilines is 1. The Bertz CT molecular complexity index is 773. The minimum atomic E-state index is -0.353. The highest BCUT2D eigenvalue weighted by atomic mass is 32.1. The fourth-order valence-corrected chi connectivity index (χ4v) is 3.22. The number of hydrogen-bond donors (Lipinski definition) is 1. The first kappa shape index (κ1) is 16.2. The van der Waals surface area contributed by atoms with Gasteiger partial charge >= 0.3 is 0 Å². The lowest BCUT2D eigenvalue weighted by Gasteiger charge is -2.37. The molecule has 1 aliphatic rings. The first-order chi connectivity index (χ1) is 11.6. The smallest absolute Gasteiger partial charge is 0.292 e. The van der Waals surface area contributed by atoms with Crippen molar-refractivity contribution in [3.05, 3.63) is 64.2 Å². The second kappa shape index (κ2) is 6.84. The summed E-state index contributed by atoms with van der Waals surface area (Å²) in [7, 11) is 0. The average molecular weight is 343 g/mol. The Labute approximate surface area is 145 Å². The zero-order valence-electron chi connectivity index (χ0n) is 13.0. The number of phenols is 1. The molecule has 0 atom stereocenters. The number of benzene rings is 2. The minimum absolute atomic E-state index is 0.120. The molecular weight excluding hydrogens is 326 g/mol. The molecule has 0 aromatic heterocycles. The van der Waals surface area contributed by atoms with Crippen LogP contribution >= 0.6 is 12.2 Å². The third-order valence-electron chi connectivity index (χ3n) is 4.12. The molecule has 1 aliphatic heterocycles. The van der Waals surface area contributed by atoms with Gasteiger partial charge in [-0.15, -0.1) is 0 Å². The van der Waals surface area contributed by atoms with E-state index in [4.69, 9.17) is 12.2 Å². The van der Waals surface area contributed by atoms with Crippen molar-refractivity contribution in [3.8, 4) is 5.75 Å². The van der Waals surface area contributed by atoms with Gasteiger partial charge in [0, 0.05) is 32.2 Å². The van der Waals surface area contributed by atoms with Gasteiger partial charge in [0.15, 0.2) is 0 Å². The lowest BCUT2D eigenvalue weighted by atomic mass is 10.1. The highest BCUT2D eigenvalue weighted by Crippen LogP contribution is 2.29. The largest absolute Gasteiger partial charge is 0.507 e. The third-order valence-corrected chi connectivity index (χ3v) is 4.60. The molecule has 3 rings (SSSR count). The van der Waals surface area contributed by atoms with Crippen LogP contribution in [-0.2, 0) is 0 Å². The summed E-state index contributed by atoms with van der Waals surface area (Å²) < 4.78 is 0. The second-order valence-electron chi connectivity index (χ2n) is 5.54. The van der Waals surface area contributed by atoms with E-state index in [9.17, 15) is 15.2 Å². The Balaban J connectivity index is 1.72. The van der Waals surface area contributed by atoms with Crippen molar-refractivity contribution in [3.63, 3.8) is 0 Å². The van der Waals surface area contributed by atoms with Crippen LogP contribution in [0.15, 0.2) is 48.5 Å². The fraction of sp³-hybridized carbons (Fsp3) is 0.235. The van der Waals surface area contributed by atoms with E-state index in [1.165, 1.54) is 6.07 Å². The van der Waals surface area contributed by atoms with Crippen LogP contribution in [0.1, 0.15) is 5.56 Å². The molecule has 0 spiro atoms. The van der Waals surface area contributed by atoms with E-state index in [0.717, 1.165) is 0 Å². The number of piperazine rings is 1. The van der Waals surface area contributed by atoms with E-state index in [2.05, 4.69) is 0 Å². The predicted molar refractivity (Wildman–Crippen MR) is 96.7 cm³/mol. The van der Waals surface area contributed by atoms with Gasteiger partial charge in [-0.05, 0) is 18.2 Å². The Morgan fingerprint density at radius 3 is 2.33 bits per heavy atom. The van der Waals surface area contributed by atoms with E-state index < -0.39 is 0 Å². The summed E-state index contributed by atoms with van der Waals surface area (Å²) in [5.74, 6) is 0.170. The molecule has 0 radical (unpaired) electrons. The Hall–Kier alpha value is -2.67. The van der Waals surface area contributed by atoms with Crippen LogP contribution in [0.5, 0.6) is 5.75 Å². The monoisotopic (exact) mass is 343 g/mol. The summed E-state index contributed by atoms with van der Waals surface area (Å²) in [5, 5.41) is 21.1. The first-order valence-corrected chi connectivity index (χ1v) is 8.04. The van der Waals surface area contributed by atoms with Crippen molar-refractivity contribution in [2.75, 3.05) is 31.1 Å². The number of thiocarbonyl (C=S) groups is 1. The van der Waals surface area contributed by atoms with Crippen LogP contribution in [0.3, 0.4) is 0 Å². The maximum absolute atomic E-state index is 11.2. The van der Waals surface area contributed by atoms with Gasteiger partial charge < -0.3 is 14.9 Å². The molecule has 7 heteroatoms. The molecule has 1 N–H and O–H groups in total. The van der Waals surface area contributed by atoms with Crippen LogP contribution in [0, 0.1) is 10.1 Å². The van der Waals surface area contributed by atoms with Crippen molar-refractivity contribution in [2.24, 2.45) is 0 Å². The highest BCUT2D eigenvalue weighted by molar-refractivity contribution is 7.80. The lowest BCUT2D eigenvalue weighted by molar-refractivity contribution is -0.384. The molecule has 0 aliphatic carbocycles. The topological polar surface area (TPSA) is 69.9 Å². The summed E-state index contributed by atoms with van der Waals surface area (Å²) in [5.41, 5.74) is 1.40. The number of rotatable bonds is 3. The number of para-hydroxylation sites is 3. The number of phenolic OH excluding ortho intramolecular Hbond substituents is 1. The molecule has 1 fully saturated rings. The van der Waals surface area contributed by atoms with Crippen LogP contribution in [0.2, 0.25) is 0 Å². The molecule has 6 nitrogen and oxygen atoms in total. The third kappa shape index (κ3) is 3.16. The molecule has 1 saturated heterocycles. The summed E-state index contributed by atoms with van der Waals surface area (Å²) in [4.78, 5) is 15.5. The van der Waals surface area contributed by atoms with Crippen molar-refractivity contribution >= 4 is 28.6 Å². The molecular formula is C17H17N3O3S. The second-order valence-corrected chi connectivity index (χ2v) is 5.93. The normalized spacial score (nSPS) is 14.5. The van der Waals surface area contributed by atoms with Crippen molar-refractivity contribution < 1.29 is 10.0 Å². The fourth-order valence-electron chi connectivity index (χ4n) is 2.86. The summed E-state index contributed by atoms with van der Waals surface area (Å²) in [6, 6.07) is 13.8. The molecule has 0 unspecified atom stereocenters.